The number of hydrogen-bond acceptors (Lipinski definition) is 1. The van der Waals surface area contributed by atoms with E-state index in [9.17, 15) is 0 Å². The lowest BCUT2D eigenvalue weighted by Gasteiger charge is -2.13. The van der Waals surface area contributed by atoms with Crippen molar-refractivity contribution in [1.29, 1.82) is 0 Å². The molecule has 3 aromatic heterocycles. The first-order valence-corrected chi connectivity index (χ1v) is 16.4. The molecular weight excluding hydrogens is 583 g/mol. The molecule has 3 nitrogen and oxygen atoms in total. The zero-order valence-corrected chi connectivity index (χ0v) is 26.1. The normalized spacial score (nSPS) is 11.8. The van der Waals surface area contributed by atoms with E-state index in [1.807, 2.05) is 0 Å². The van der Waals surface area contributed by atoms with Gasteiger partial charge in [0.05, 0.1) is 27.8 Å². The lowest BCUT2D eigenvalue weighted by atomic mass is 10.0. The molecule has 0 aliphatic rings. The van der Waals surface area contributed by atoms with Gasteiger partial charge in [0.2, 0.25) is 0 Å². The molecule has 0 saturated carbocycles. The minimum atomic E-state index is 0.901. The number of para-hydroxylation sites is 2. The monoisotopic (exact) mass is 611 g/mol. The van der Waals surface area contributed by atoms with E-state index in [1.54, 1.807) is 0 Å². The van der Waals surface area contributed by atoms with Gasteiger partial charge in [0, 0.05) is 32.8 Å². The van der Waals surface area contributed by atoms with E-state index in [-0.39, 0.29) is 0 Å². The van der Waals surface area contributed by atoms with Crippen LogP contribution in [-0.4, -0.2) is 14.1 Å². The molecule has 0 saturated heterocycles. The second-order valence-corrected chi connectivity index (χ2v) is 12.5. The topological polar surface area (TPSA) is 22.8 Å². The molecule has 0 N–H and O–H groups in total. The summed E-state index contributed by atoms with van der Waals surface area (Å²) in [5.74, 6) is 0.901. The molecule has 7 aromatic carbocycles. The maximum absolute atomic E-state index is 5.37. The fraction of sp³-hybridized carbons (Fsp3) is 0. The van der Waals surface area contributed by atoms with Gasteiger partial charge in [0.15, 0.2) is 0 Å². The molecule has 224 valence electrons. The molecule has 0 fully saturated rings. The SMILES string of the molecule is c1ccc(-c2cc(-c3ccccc3)nc(-n3c4ccccc4c4cc5c(cc43)c3cc4ccccc4cc3n5-c3ccccc3)c2)cc1. The van der Waals surface area contributed by atoms with Crippen LogP contribution < -0.4 is 0 Å². The highest BCUT2D eigenvalue weighted by molar-refractivity contribution is 6.20. The van der Waals surface area contributed by atoms with Gasteiger partial charge in [-0.25, -0.2) is 4.98 Å². The summed E-state index contributed by atoms with van der Waals surface area (Å²) in [6.45, 7) is 0. The van der Waals surface area contributed by atoms with E-state index in [2.05, 4.69) is 185 Å². The molecule has 0 atom stereocenters. The third kappa shape index (κ3) is 4.11. The predicted molar refractivity (Wildman–Crippen MR) is 201 cm³/mol. The Hall–Kier alpha value is -6.45. The highest BCUT2D eigenvalue weighted by atomic mass is 15.1. The molecule has 0 aliphatic carbocycles. The molecule has 10 rings (SSSR count). The summed E-state index contributed by atoms with van der Waals surface area (Å²) >= 11 is 0. The Bertz CT molecular complexity index is 2750. The van der Waals surface area contributed by atoms with E-state index in [4.69, 9.17) is 4.98 Å². The van der Waals surface area contributed by atoms with Gasteiger partial charge in [-0.3, -0.25) is 4.57 Å². The number of hydrogen-bond donors (Lipinski definition) is 0. The van der Waals surface area contributed by atoms with Gasteiger partial charge < -0.3 is 4.57 Å². The molecule has 0 spiro atoms. The summed E-state index contributed by atoms with van der Waals surface area (Å²) in [7, 11) is 0. The quantitative estimate of drug-likeness (QED) is 0.194. The third-order valence-electron chi connectivity index (χ3n) is 9.66. The average Bonchev–Trinajstić information content (AvgIpc) is 3.65. The van der Waals surface area contributed by atoms with E-state index >= 15 is 0 Å². The van der Waals surface area contributed by atoms with Crippen molar-refractivity contribution in [2.24, 2.45) is 0 Å². The van der Waals surface area contributed by atoms with Gasteiger partial charge >= 0.3 is 0 Å². The molecule has 0 bridgehead atoms. The van der Waals surface area contributed by atoms with Crippen LogP contribution in [0.15, 0.2) is 176 Å². The third-order valence-corrected chi connectivity index (χ3v) is 9.66. The molecule has 10 aromatic rings. The Kier molecular flexibility index (Phi) is 5.87. The van der Waals surface area contributed by atoms with Crippen molar-refractivity contribution in [2.75, 3.05) is 0 Å². The van der Waals surface area contributed by atoms with Crippen LogP contribution in [0.4, 0.5) is 0 Å². The number of fused-ring (bicyclic) bond motifs is 7. The smallest absolute Gasteiger partial charge is 0.138 e. The van der Waals surface area contributed by atoms with Crippen molar-refractivity contribution in [3.05, 3.63) is 176 Å². The van der Waals surface area contributed by atoms with Gasteiger partial charge in [-0.1, -0.05) is 121 Å². The van der Waals surface area contributed by atoms with E-state index < -0.39 is 0 Å². The number of pyridine rings is 1. The van der Waals surface area contributed by atoms with Crippen LogP contribution in [0.25, 0.3) is 88.3 Å². The zero-order valence-electron chi connectivity index (χ0n) is 26.1. The second-order valence-electron chi connectivity index (χ2n) is 12.5. The molecule has 48 heavy (non-hydrogen) atoms. The Balaban J connectivity index is 1.34. The fourth-order valence-electron chi connectivity index (χ4n) is 7.45. The predicted octanol–water partition coefficient (Wildman–Crippen LogP) is 11.8. The molecular formula is C45H29N3. The molecule has 3 heterocycles. The largest absolute Gasteiger partial charge is 0.309 e. The summed E-state index contributed by atoms with van der Waals surface area (Å²) in [5.41, 5.74) is 10.2. The molecule has 3 heteroatoms. The van der Waals surface area contributed by atoms with Crippen molar-refractivity contribution < 1.29 is 0 Å². The Labute approximate surface area is 277 Å². The molecule has 0 aliphatic heterocycles. The summed E-state index contributed by atoms with van der Waals surface area (Å²) in [4.78, 5) is 5.37. The molecule has 0 radical (unpaired) electrons. The van der Waals surface area contributed by atoms with Crippen LogP contribution in [0.1, 0.15) is 0 Å². The summed E-state index contributed by atoms with van der Waals surface area (Å²) in [6, 6.07) is 63.1. The van der Waals surface area contributed by atoms with E-state index in [0.717, 1.165) is 39.4 Å². The van der Waals surface area contributed by atoms with Gasteiger partial charge in [-0.05, 0) is 76.5 Å². The first-order chi connectivity index (χ1) is 23.8. The standard InChI is InChI=1S/C45H29N3/c1-4-14-30(15-5-1)34-25-40(31-16-6-2-7-17-31)46-45(27-34)48-41-23-13-12-22-36(41)38-28-43-39(29-44(38)48)37-24-32-18-10-11-19-33(32)26-42(37)47(43)35-20-8-3-9-21-35/h1-29H. The minimum Gasteiger partial charge on any atom is -0.309 e. The Morgan fingerprint density at radius 2 is 0.875 bits per heavy atom. The zero-order chi connectivity index (χ0) is 31.6. The molecule has 0 amide bonds. The highest BCUT2D eigenvalue weighted by Gasteiger charge is 2.20. The fourth-order valence-corrected chi connectivity index (χ4v) is 7.45. The molecule has 0 unspecified atom stereocenters. The summed E-state index contributed by atoms with van der Waals surface area (Å²) in [5, 5.41) is 7.34. The van der Waals surface area contributed by atoms with Crippen LogP contribution in [-0.2, 0) is 0 Å². The number of benzene rings is 7. The van der Waals surface area contributed by atoms with Gasteiger partial charge in [-0.2, -0.15) is 0 Å². The maximum Gasteiger partial charge on any atom is 0.138 e. The maximum atomic E-state index is 5.37. The lowest BCUT2D eigenvalue weighted by molar-refractivity contribution is 1.08. The van der Waals surface area contributed by atoms with E-state index in [0.29, 0.717) is 0 Å². The number of rotatable bonds is 4. The summed E-state index contributed by atoms with van der Waals surface area (Å²) in [6.07, 6.45) is 0. The van der Waals surface area contributed by atoms with Crippen LogP contribution in [0.3, 0.4) is 0 Å². The van der Waals surface area contributed by atoms with Gasteiger partial charge in [0.1, 0.15) is 5.82 Å². The first-order valence-electron chi connectivity index (χ1n) is 16.4. The van der Waals surface area contributed by atoms with Crippen molar-refractivity contribution in [1.82, 2.24) is 14.1 Å². The Morgan fingerprint density at radius 1 is 0.333 bits per heavy atom. The highest BCUT2D eigenvalue weighted by Crippen LogP contribution is 2.41. The van der Waals surface area contributed by atoms with Crippen molar-refractivity contribution in [3.63, 3.8) is 0 Å². The second kappa shape index (κ2) is 10.5. The van der Waals surface area contributed by atoms with Crippen molar-refractivity contribution >= 4 is 54.4 Å². The lowest BCUT2D eigenvalue weighted by Crippen LogP contribution is -2.00. The minimum absolute atomic E-state index is 0.901. The van der Waals surface area contributed by atoms with Gasteiger partial charge in [-0.15, -0.1) is 0 Å². The number of aromatic nitrogens is 3. The van der Waals surface area contributed by atoms with Crippen LogP contribution in [0.5, 0.6) is 0 Å². The summed E-state index contributed by atoms with van der Waals surface area (Å²) < 4.78 is 4.78. The Morgan fingerprint density at radius 3 is 1.62 bits per heavy atom. The average molecular weight is 612 g/mol. The van der Waals surface area contributed by atoms with Gasteiger partial charge in [0.25, 0.3) is 0 Å². The van der Waals surface area contributed by atoms with Crippen LogP contribution in [0, 0.1) is 0 Å². The van der Waals surface area contributed by atoms with Crippen LogP contribution in [0.2, 0.25) is 0 Å². The first kappa shape index (κ1) is 26.7. The van der Waals surface area contributed by atoms with Crippen LogP contribution >= 0.6 is 0 Å². The number of nitrogens with zero attached hydrogens (tertiary/aromatic N) is 3. The van der Waals surface area contributed by atoms with Crippen molar-refractivity contribution in [3.8, 4) is 33.9 Å². The van der Waals surface area contributed by atoms with Crippen molar-refractivity contribution in [2.45, 2.75) is 0 Å². The van der Waals surface area contributed by atoms with E-state index in [1.165, 1.54) is 48.9 Å².